The molecule has 0 aromatic heterocycles. The molecule has 1 saturated heterocycles. The zero-order chi connectivity index (χ0) is 15.5. The third kappa shape index (κ3) is 3.22. The molecule has 2 heteroatoms. The highest BCUT2D eigenvalue weighted by atomic mass is 16.5. The van der Waals surface area contributed by atoms with E-state index in [0.29, 0.717) is 5.92 Å². The van der Waals surface area contributed by atoms with Crippen LogP contribution in [0, 0.1) is 5.92 Å². The van der Waals surface area contributed by atoms with Crippen molar-refractivity contribution >= 4 is 10.8 Å². The van der Waals surface area contributed by atoms with Crippen molar-refractivity contribution in [1.29, 1.82) is 0 Å². The molecule has 4 rings (SSSR count). The monoisotopic (exact) mass is 303 g/mol. The second kappa shape index (κ2) is 6.43. The SMILES string of the molecule is c1ccc(OC(CC2CNC2)c2ccc3ccccc3c2)cc1. The molecule has 0 saturated carbocycles. The number of fused-ring (bicyclic) bond motifs is 1. The lowest BCUT2D eigenvalue weighted by molar-refractivity contribution is 0.149. The summed E-state index contributed by atoms with van der Waals surface area (Å²) >= 11 is 0. The first-order valence-corrected chi connectivity index (χ1v) is 8.29. The van der Waals surface area contributed by atoms with Gasteiger partial charge in [-0.05, 0) is 60.0 Å². The number of rotatable bonds is 5. The van der Waals surface area contributed by atoms with Gasteiger partial charge in [0.25, 0.3) is 0 Å². The maximum atomic E-state index is 6.33. The summed E-state index contributed by atoms with van der Waals surface area (Å²) in [7, 11) is 0. The molecule has 1 fully saturated rings. The van der Waals surface area contributed by atoms with E-state index in [4.69, 9.17) is 4.74 Å². The third-order valence-electron chi connectivity index (χ3n) is 4.58. The van der Waals surface area contributed by atoms with Crippen LogP contribution in [0.3, 0.4) is 0 Å². The molecule has 0 spiro atoms. The number of hydrogen-bond donors (Lipinski definition) is 1. The fourth-order valence-electron chi connectivity index (χ4n) is 3.14. The average Bonchev–Trinajstić information content (AvgIpc) is 2.57. The smallest absolute Gasteiger partial charge is 0.124 e. The minimum Gasteiger partial charge on any atom is -0.486 e. The van der Waals surface area contributed by atoms with Crippen LogP contribution in [0.15, 0.2) is 72.8 Å². The number of hydrogen-bond acceptors (Lipinski definition) is 2. The van der Waals surface area contributed by atoms with Gasteiger partial charge in [0, 0.05) is 0 Å². The van der Waals surface area contributed by atoms with Gasteiger partial charge < -0.3 is 10.1 Å². The molecule has 1 heterocycles. The van der Waals surface area contributed by atoms with Gasteiger partial charge in [0.05, 0.1) is 0 Å². The Kier molecular flexibility index (Phi) is 3.99. The van der Waals surface area contributed by atoms with Crippen LogP contribution in [0.4, 0.5) is 0 Å². The molecule has 2 nitrogen and oxygen atoms in total. The summed E-state index contributed by atoms with van der Waals surface area (Å²) in [5, 5.41) is 5.91. The Bertz CT molecular complexity index is 780. The molecule has 1 unspecified atom stereocenters. The summed E-state index contributed by atoms with van der Waals surface area (Å²) in [4.78, 5) is 0. The first-order valence-electron chi connectivity index (χ1n) is 8.29. The van der Waals surface area contributed by atoms with E-state index in [1.807, 2.05) is 30.3 Å². The van der Waals surface area contributed by atoms with Crippen molar-refractivity contribution in [2.24, 2.45) is 5.92 Å². The normalized spacial score (nSPS) is 16.0. The predicted molar refractivity (Wildman–Crippen MR) is 94.7 cm³/mol. The largest absolute Gasteiger partial charge is 0.486 e. The van der Waals surface area contributed by atoms with Crippen LogP contribution >= 0.6 is 0 Å². The summed E-state index contributed by atoms with van der Waals surface area (Å²) in [6.07, 6.45) is 1.16. The lowest BCUT2D eigenvalue weighted by Gasteiger charge is -2.31. The Morgan fingerprint density at radius 2 is 1.61 bits per heavy atom. The molecule has 0 bridgehead atoms. The van der Waals surface area contributed by atoms with Crippen molar-refractivity contribution in [3.63, 3.8) is 0 Å². The number of ether oxygens (including phenoxy) is 1. The second-order valence-corrected chi connectivity index (χ2v) is 6.29. The number of para-hydroxylation sites is 1. The van der Waals surface area contributed by atoms with E-state index in [2.05, 4.69) is 47.8 Å². The van der Waals surface area contributed by atoms with Crippen LogP contribution in [-0.4, -0.2) is 13.1 Å². The van der Waals surface area contributed by atoms with Crippen molar-refractivity contribution in [3.05, 3.63) is 78.4 Å². The van der Waals surface area contributed by atoms with Crippen LogP contribution < -0.4 is 10.1 Å². The summed E-state index contributed by atoms with van der Waals surface area (Å²) < 4.78 is 6.33. The Balaban J connectivity index is 1.64. The molecule has 0 aliphatic carbocycles. The Morgan fingerprint density at radius 3 is 2.35 bits per heavy atom. The van der Waals surface area contributed by atoms with Crippen molar-refractivity contribution in [2.75, 3.05) is 13.1 Å². The van der Waals surface area contributed by atoms with Gasteiger partial charge >= 0.3 is 0 Å². The van der Waals surface area contributed by atoms with Crippen molar-refractivity contribution in [1.82, 2.24) is 5.32 Å². The fourth-order valence-corrected chi connectivity index (χ4v) is 3.14. The maximum Gasteiger partial charge on any atom is 0.124 e. The first kappa shape index (κ1) is 14.3. The van der Waals surface area contributed by atoms with E-state index >= 15 is 0 Å². The van der Waals surface area contributed by atoms with Gasteiger partial charge in [-0.3, -0.25) is 0 Å². The Hall–Kier alpha value is -2.32. The predicted octanol–water partition coefficient (Wildman–Crippen LogP) is 4.57. The summed E-state index contributed by atoms with van der Waals surface area (Å²) in [5.41, 5.74) is 1.26. The lowest BCUT2D eigenvalue weighted by Crippen LogP contribution is -2.43. The van der Waals surface area contributed by atoms with E-state index in [1.165, 1.54) is 16.3 Å². The zero-order valence-electron chi connectivity index (χ0n) is 13.1. The van der Waals surface area contributed by atoms with Crippen LogP contribution in [0.2, 0.25) is 0 Å². The highest BCUT2D eigenvalue weighted by Gasteiger charge is 2.24. The standard InChI is InChI=1S/C21H21NO/c1-2-8-20(9-3-1)23-21(12-16-14-22-15-16)19-11-10-17-6-4-5-7-18(17)13-19/h1-11,13,16,21-22H,12,14-15H2. The van der Waals surface area contributed by atoms with Gasteiger partial charge in [0.1, 0.15) is 11.9 Å². The van der Waals surface area contributed by atoms with Crippen molar-refractivity contribution in [3.8, 4) is 5.75 Å². The Morgan fingerprint density at radius 1 is 0.870 bits per heavy atom. The van der Waals surface area contributed by atoms with E-state index in [0.717, 1.165) is 25.3 Å². The number of benzene rings is 3. The van der Waals surface area contributed by atoms with Crippen LogP contribution in [0.1, 0.15) is 18.1 Å². The molecule has 116 valence electrons. The molecule has 1 N–H and O–H groups in total. The van der Waals surface area contributed by atoms with Gasteiger partial charge in [0.15, 0.2) is 0 Å². The van der Waals surface area contributed by atoms with E-state index < -0.39 is 0 Å². The lowest BCUT2D eigenvalue weighted by atomic mass is 9.91. The quantitative estimate of drug-likeness (QED) is 0.745. The van der Waals surface area contributed by atoms with Crippen molar-refractivity contribution in [2.45, 2.75) is 12.5 Å². The zero-order valence-corrected chi connectivity index (χ0v) is 13.1. The van der Waals surface area contributed by atoms with Crippen LogP contribution in [0.25, 0.3) is 10.8 Å². The molecular formula is C21H21NO. The molecule has 1 atom stereocenters. The molecule has 1 aliphatic rings. The minimum atomic E-state index is 0.106. The molecular weight excluding hydrogens is 282 g/mol. The molecule has 3 aromatic rings. The van der Waals surface area contributed by atoms with Crippen LogP contribution in [0.5, 0.6) is 5.75 Å². The first-order chi connectivity index (χ1) is 11.4. The third-order valence-corrected chi connectivity index (χ3v) is 4.58. The van der Waals surface area contributed by atoms with Gasteiger partial charge in [-0.15, -0.1) is 0 Å². The summed E-state index contributed by atoms with van der Waals surface area (Å²) in [6, 6.07) is 25.3. The molecule has 0 radical (unpaired) electrons. The maximum absolute atomic E-state index is 6.33. The summed E-state index contributed by atoms with van der Waals surface area (Å²) in [5.74, 6) is 1.65. The molecule has 23 heavy (non-hydrogen) atoms. The van der Waals surface area contributed by atoms with Crippen molar-refractivity contribution < 1.29 is 4.74 Å². The highest BCUT2D eigenvalue weighted by Crippen LogP contribution is 2.31. The van der Waals surface area contributed by atoms with E-state index in [9.17, 15) is 0 Å². The van der Waals surface area contributed by atoms with E-state index in [1.54, 1.807) is 0 Å². The van der Waals surface area contributed by atoms with Gasteiger partial charge in [-0.1, -0.05) is 54.6 Å². The highest BCUT2D eigenvalue weighted by molar-refractivity contribution is 5.83. The minimum absolute atomic E-state index is 0.106. The molecule has 0 amide bonds. The molecule has 3 aromatic carbocycles. The topological polar surface area (TPSA) is 21.3 Å². The van der Waals surface area contributed by atoms with Gasteiger partial charge in [-0.2, -0.15) is 0 Å². The number of nitrogens with one attached hydrogen (secondary N) is 1. The summed E-state index contributed by atoms with van der Waals surface area (Å²) in [6.45, 7) is 2.20. The molecule has 1 aliphatic heterocycles. The van der Waals surface area contributed by atoms with Crippen LogP contribution in [-0.2, 0) is 0 Å². The Labute approximate surface area is 137 Å². The fraction of sp³-hybridized carbons (Fsp3) is 0.238. The second-order valence-electron chi connectivity index (χ2n) is 6.29. The van der Waals surface area contributed by atoms with Gasteiger partial charge in [-0.25, -0.2) is 0 Å². The van der Waals surface area contributed by atoms with Gasteiger partial charge in [0.2, 0.25) is 0 Å². The average molecular weight is 303 g/mol. The van der Waals surface area contributed by atoms with E-state index in [-0.39, 0.29) is 6.10 Å².